The highest BCUT2D eigenvalue weighted by atomic mass is 32.2. The van der Waals surface area contributed by atoms with Crippen LogP contribution in [-0.2, 0) is 0 Å². The molecule has 7 heteroatoms. The lowest BCUT2D eigenvalue weighted by Gasteiger charge is -2.11. The van der Waals surface area contributed by atoms with Gasteiger partial charge in [-0.2, -0.15) is 0 Å². The molecule has 1 amide bonds. The van der Waals surface area contributed by atoms with Crippen LogP contribution in [0.25, 0.3) is 0 Å². The zero-order valence-corrected chi connectivity index (χ0v) is 12.3. The quantitative estimate of drug-likeness (QED) is 0.457. The number of amides is 1. The topological polar surface area (TPSA) is 92.5 Å². The Morgan fingerprint density at radius 3 is 2.80 bits per heavy atom. The van der Waals surface area contributed by atoms with Gasteiger partial charge in [0.25, 0.3) is 11.6 Å². The molecule has 0 saturated heterocycles. The van der Waals surface area contributed by atoms with E-state index in [4.69, 9.17) is 5.11 Å². The number of thioether (sulfide) groups is 1. The molecule has 0 spiro atoms. The zero-order valence-electron chi connectivity index (χ0n) is 11.5. The lowest BCUT2D eigenvalue weighted by molar-refractivity contribution is -0.387. The van der Waals surface area contributed by atoms with E-state index in [0.717, 1.165) is 0 Å². The van der Waals surface area contributed by atoms with Gasteiger partial charge in [-0.1, -0.05) is 6.92 Å². The van der Waals surface area contributed by atoms with E-state index >= 15 is 0 Å². The minimum Gasteiger partial charge on any atom is -0.396 e. The maximum atomic E-state index is 11.8. The molecule has 20 heavy (non-hydrogen) atoms. The molecule has 1 atom stereocenters. The Kier molecular flexibility index (Phi) is 6.47. The molecule has 0 bridgehead atoms. The van der Waals surface area contributed by atoms with Gasteiger partial charge in [0, 0.05) is 30.0 Å². The fraction of sp³-hybridized carbons (Fsp3) is 0.462. The van der Waals surface area contributed by atoms with E-state index in [9.17, 15) is 14.9 Å². The Labute approximate surface area is 121 Å². The molecular weight excluding hydrogens is 280 g/mol. The van der Waals surface area contributed by atoms with E-state index < -0.39 is 4.92 Å². The largest absolute Gasteiger partial charge is 0.396 e. The van der Waals surface area contributed by atoms with Gasteiger partial charge in [-0.05, 0) is 25.5 Å². The molecule has 0 aliphatic heterocycles. The normalized spacial score (nSPS) is 11.9. The molecule has 0 saturated carbocycles. The van der Waals surface area contributed by atoms with Crippen molar-refractivity contribution in [1.29, 1.82) is 0 Å². The lowest BCUT2D eigenvalue weighted by atomic mass is 10.2. The summed E-state index contributed by atoms with van der Waals surface area (Å²) >= 11 is 1.29. The van der Waals surface area contributed by atoms with E-state index in [1.165, 1.54) is 30.0 Å². The minimum atomic E-state index is -0.463. The summed E-state index contributed by atoms with van der Waals surface area (Å²) in [6, 6.07) is 4.32. The fourth-order valence-electron chi connectivity index (χ4n) is 1.62. The van der Waals surface area contributed by atoms with Crippen molar-refractivity contribution in [3.05, 3.63) is 33.9 Å². The highest BCUT2D eigenvalue weighted by molar-refractivity contribution is 8.00. The minimum absolute atomic E-state index is 0.0205. The summed E-state index contributed by atoms with van der Waals surface area (Å²) in [5, 5.41) is 22.6. The van der Waals surface area contributed by atoms with Crippen LogP contribution in [0, 0.1) is 10.1 Å². The average molecular weight is 298 g/mol. The van der Waals surface area contributed by atoms with Gasteiger partial charge in [0.2, 0.25) is 0 Å². The second-order valence-electron chi connectivity index (χ2n) is 4.24. The van der Waals surface area contributed by atoms with E-state index in [0.29, 0.717) is 23.4 Å². The number of carbonyl (C=O) groups excluding carboxylic acids is 1. The fourth-order valence-corrected chi connectivity index (χ4v) is 2.74. The Hall–Kier alpha value is -1.60. The predicted octanol–water partition coefficient (Wildman–Crippen LogP) is 2.21. The number of rotatable bonds is 7. The maximum Gasteiger partial charge on any atom is 0.282 e. The van der Waals surface area contributed by atoms with Crippen LogP contribution in [0.15, 0.2) is 23.1 Å². The lowest BCUT2D eigenvalue weighted by Crippen LogP contribution is -2.22. The van der Waals surface area contributed by atoms with Crippen molar-refractivity contribution in [2.75, 3.05) is 13.2 Å². The molecule has 1 unspecified atom stereocenters. The summed E-state index contributed by atoms with van der Waals surface area (Å²) in [4.78, 5) is 22.8. The number of nitrogens with one attached hydrogen (secondary N) is 1. The third-order valence-electron chi connectivity index (χ3n) is 2.62. The predicted molar refractivity (Wildman–Crippen MR) is 78.1 cm³/mol. The molecule has 0 fully saturated rings. The Morgan fingerprint density at radius 1 is 1.55 bits per heavy atom. The molecule has 6 nitrogen and oxygen atoms in total. The molecule has 0 aliphatic carbocycles. The molecule has 0 aliphatic rings. The third-order valence-corrected chi connectivity index (χ3v) is 3.84. The van der Waals surface area contributed by atoms with Crippen molar-refractivity contribution >= 4 is 23.4 Å². The van der Waals surface area contributed by atoms with E-state index in [2.05, 4.69) is 5.32 Å². The van der Waals surface area contributed by atoms with Crippen LogP contribution in [0.3, 0.4) is 0 Å². The molecule has 0 radical (unpaired) electrons. The second kappa shape index (κ2) is 7.86. The van der Waals surface area contributed by atoms with Crippen molar-refractivity contribution < 1.29 is 14.8 Å². The van der Waals surface area contributed by atoms with Gasteiger partial charge in [-0.15, -0.1) is 11.8 Å². The summed E-state index contributed by atoms with van der Waals surface area (Å²) in [6.07, 6.45) is 0.535. The van der Waals surface area contributed by atoms with Crippen molar-refractivity contribution in [2.24, 2.45) is 0 Å². The molecule has 0 aromatic heterocycles. The number of hydrogen-bond acceptors (Lipinski definition) is 5. The first-order chi connectivity index (χ1) is 9.49. The van der Waals surface area contributed by atoms with Gasteiger partial charge in [0.05, 0.1) is 9.82 Å². The number of benzene rings is 1. The summed E-state index contributed by atoms with van der Waals surface area (Å²) in [6.45, 7) is 4.21. The summed E-state index contributed by atoms with van der Waals surface area (Å²) < 4.78 is 0. The van der Waals surface area contributed by atoms with Crippen LogP contribution in [0.1, 0.15) is 30.6 Å². The number of nitro benzene ring substituents is 1. The molecular formula is C13H18N2O4S. The first-order valence-electron chi connectivity index (χ1n) is 6.33. The van der Waals surface area contributed by atoms with Crippen LogP contribution < -0.4 is 5.32 Å². The van der Waals surface area contributed by atoms with Crippen molar-refractivity contribution in [2.45, 2.75) is 30.4 Å². The first kappa shape index (κ1) is 16.5. The summed E-state index contributed by atoms with van der Waals surface area (Å²) in [7, 11) is 0. The molecule has 0 heterocycles. The second-order valence-corrected chi connectivity index (χ2v) is 5.72. The standard InChI is InChI=1S/C13H18N2O4S/c1-3-14-13(17)10-4-5-11(15(18)19)12(8-10)20-9(2)6-7-16/h4-5,8-9,16H,3,6-7H2,1-2H3,(H,14,17). The Morgan fingerprint density at radius 2 is 2.25 bits per heavy atom. The van der Waals surface area contributed by atoms with Gasteiger partial charge in [-0.3, -0.25) is 14.9 Å². The number of aliphatic hydroxyl groups excluding tert-OH is 1. The monoisotopic (exact) mass is 298 g/mol. The molecule has 1 aromatic rings. The number of carbonyl (C=O) groups is 1. The Bertz CT molecular complexity index is 493. The zero-order chi connectivity index (χ0) is 15.1. The highest BCUT2D eigenvalue weighted by Crippen LogP contribution is 2.33. The Balaban J connectivity index is 3.05. The van der Waals surface area contributed by atoms with Crippen LogP contribution in [-0.4, -0.2) is 34.3 Å². The van der Waals surface area contributed by atoms with Gasteiger partial charge in [0.1, 0.15) is 0 Å². The SMILES string of the molecule is CCNC(=O)c1ccc([N+](=O)[O-])c(SC(C)CCO)c1. The number of nitrogens with zero attached hydrogens (tertiary/aromatic N) is 1. The third kappa shape index (κ3) is 4.50. The van der Waals surface area contributed by atoms with Crippen molar-refractivity contribution in [3.8, 4) is 0 Å². The van der Waals surface area contributed by atoms with Crippen molar-refractivity contribution in [1.82, 2.24) is 5.32 Å². The van der Waals surface area contributed by atoms with Crippen molar-refractivity contribution in [3.63, 3.8) is 0 Å². The number of nitro groups is 1. The number of aliphatic hydroxyl groups is 1. The summed E-state index contributed by atoms with van der Waals surface area (Å²) in [5.74, 6) is -0.251. The maximum absolute atomic E-state index is 11.8. The smallest absolute Gasteiger partial charge is 0.282 e. The van der Waals surface area contributed by atoms with E-state index in [1.54, 1.807) is 0 Å². The van der Waals surface area contributed by atoms with E-state index in [1.807, 2.05) is 13.8 Å². The van der Waals surface area contributed by atoms with E-state index in [-0.39, 0.29) is 23.5 Å². The van der Waals surface area contributed by atoms with Gasteiger partial charge >= 0.3 is 0 Å². The molecule has 110 valence electrons. The van der Waals surface area contributed by atoms with Crippen LogP contribution in [0.4, 0.5) is 5.69 Å². The number of hydrogen-bond donors (Lipinski definition) is 2. The summed E-state index contributed by atoms with van der Waals surface area (Å²) in [5.41, 5.74) is 0.379. The van der Waals surface area contributed by atoms with Gasteiger partial charge < -0.3 is 10.4 Å². The molecule has 1 rings (SSSR count). The highest BCUT2D eigenvalue weighted by Gasteiger charge is 2.19. The average Bonchev–Trinajstić information content (AvgIpc) is 2.38. The molecule has 1 aromatic carbocycles. The van der Waals surface area contributed by atoms with Crippen LogP contribution >= 0.6 is 11.8 Å². The first-order valence-corrected chi connectivity index (χ1v) is 7.21. The van der Waals surface area contributed by atoms with Gasteiger partial charge in [-0.25, -0.2) is 0 Å². The van der Waals surface area contributed by atoms with Gasteiger partial charge in [0.15, 0.2) is 0 Å². The van der Waals surface area contributed by atoms with Crippen LogP contribution in [0.5, 0.6) is 0 Å². The molecule has 2 N–H and O–H groups in total. The van der Waals surface area contributed by atoms with Crippen LogP contribution in [0.2, 0.25) is 0 Å².